The Morgan fingerprint density at radius 2 is 1.85 bits per heavy atom. The van der Waals surface area contributed by atoms with Crippen LogP contribution in [0.15, 0.2) is 24.3 Å². The van der Waals surface area contributed by atoms with Gasteiger partial charge in [0, 0.05) is 25.2 Å². The van der Waals surface area contributed by atoms with E-state index in [1.165, 1.54) is 4.31 Å². The minimum atomic E-state index is -3.50. The Bertz CT molecular complexity index is 565. The zero-order valence-electron chi connectivity index (χ0n) is 10.9. The van der Waals surface area contributed by atoms with Crippen molar-refractivity contribution in [3.05, 3.63) is 35.4 Å². The number of nitrogens with two attached hydrogens (primary N) is 1. The summed E-state index contributed by atoms with van der Waals surface area (Å²) < 4.78 is 33.0. The summed E-state index contributed by atoms with van der Waals surface area (Å²) in [6.45, 7) is 1.70. The van der Waals surface area contributed by atoms with Crippen molar-refractivity contribution in [3.8, 4) is 0 Å². The van der Waals surface area contributed by atoms with Crippen LogP contribution in [0.25, 0.3) is 0 Å². The number of hydrogen-bond acceptors (Lipinski definition) is 4. The standard InChI is InChI=1S/C12H17N3O4S/c13-12(16)11-3-1-10(2-4-11)9-14-20(17,18)15-5-7-19-8-6-15/h1-4,14H,5-9H2,(H2,13,16). The molecule has 7 nitrogen and oxygen atoms in total. The fourth-order valence-corrected chi connectivity index (χ4v) is 3.00. The van der Waals surface area contributed by atoms with Gasteiger partial charge in [-0.1, -0.05) is 12.1 Å². The molecular formula is C12H17N3O4S. The maximum Gasteiger partial charge on any atom is 0.279 e. The number of carbonyl (C=O) groups is 1. The minimum absolute atomic E-state index is 0.165. The smallest absolute Gasteiger partial charge is 0.279 e. The van der Waals surface area contributed by atoms with Crippen LogP contribution in [0.1, 0.15) is 15.9 Å². The molecule has 0 spiro atoms. The molecule has 1 aromatic rings. The summed E-state index contributed by atoms with van der Waals surface area (Å²) in [5, 5.41) is 0. The van der Waals surface area contributed by atoms with E-state index in [1.807, 2.05) is 0 Å². The lowest BCUT2D eigenvalue weighted by Gasteiger charge is -2.26. The van der Waals surface area contributed by atoms with E-state index >= 15 is 0 Å². The summed E-state index contributed by atoms with van der Waals surface area (Å²) >= 11 is 0. The lowest BCUT2D eigenvalue weighted by molar-refractivity contribution is 0.0725. The van der Waals surface area contributed by atoms with E-state index in [1.54, 1.807) is 24.3 Å². The molecule has 110 valence electrons. The first-order chi connectivity index (χ1) is 9.49. The maximum atomic E-state index is 12.0. The van der Waals surface area contributed by atoms with Crippen LogP contribution in [0.3, 0.4) is 0 Å². The second kappa shape index (κ2) is 6.31. The van der Waals surface area contributed by atoms with Gasteiger partial charge in [0.05, 0.1) is 13.2 Å². The lowest BCUT2D eigenvalue weighted by atomic mass is 10.1. The van der Waals surface area contributed by atoms with Gasteiger partial charge in [-0.05, 0) is 17.7 Å². The summed E-state index contributed by atoms with van der Waals surface area (Å²) in [7, 11) is -3.50. The van der Waals surface area contributed by atoms with Crippen LogP contribution in [-0.2, 0) is 21.5 Å². The normalized spacial score (nSPS) is 17.0. The molecule has 0 bridgehead atoms. The summed E-state index contributed by atoms with van der Waals surface area (Å²) in [6, 6.07) is 6.48. The maximum absolute atomic E-state index is 12.0. The number of carbonyl (C=O) groups excluding carboxylic acids is 1. The Labute approximate surface area is 117 Å². The molecule has 3 N–H and O–H groups in total. The number of nitrogens with zero attached hydrogens (tertiary/aromatic N) is 1. The van der Waals surface area contributed by atoms with Crippen LogP contribution < -0.4 is 10.5 Å². The average Bonchev–Trinajstić information content (AvgIpc) is 2.46. The van der Waals surface area contributed by atoms with Crippen molar-refractivity contribution in [3.63, 3.8) is 0 Å². The van der Waals surface area contributed by atoms with E-state index in [2.05, 4.69) is 4.72 Å². The molecule has 0 unspecified atom stereocenters. The summed E-state index contributed by atoms with van der Waals surface area (Å²) in [4.78, 5) is 10.9. The van der Waals surface area contributed by atoms with Gasteiger partial charge in [-0.25, -0.2) is 0 Å². The number of primary amides is 1. The number of amides is 1. The van der Waals surface area contributed by atoms with Gasteiger partial charge in [0.2, 0.25) is 5.91 Å². The predicted octanol–water partition coefficient (Wildman–Crippen LogP) is -0.548. The molecule has 1 aliphatic rings. The topological polar surface area (TPSA) is 102 Å². The number of hydrogen-bond donors (Lipinski definition) is 2. The summed E-state index contributed by atoms with van der Waals surface area (Å²) in [6.07, 6.45) is 0. The first kappa shape index (κ1) is 14.9. The molecule has 0 aromatic heterocycles. The van der Waals surface area contributed by atoms with E-state index < -0.39 is 16.1 Å². The first-order valence-electron chi connectivity index (χ1n) is 6.20. The van der Waals surface area contributed by atoms with E-state index in [0.29, 0.717) is 31.9 Å². The van der Waals surface area contributed by atoms with E-state index in [9.17, 15) is 13.2 Å². The largest absolute Gasteiger partial charge is 0.379 e. The molecule has 1 aliphatic heterocycles. The number of morpholine rings is 1. The predicted molar refractivity (Wildman–Crippen MR) is 73.1 cm³/mol. The Kier molecular flexibility index (Phi) is 4.71. The van der Waals surface area contributed by atoms with Crippen molar-refractivity contribution in [2.75, 3.05) is 26.3 Å². The minimum Gasteiger partial charge on any atom is -0.379 e. The molecule has 1 heterocycles. The van der Waals surface area contributed by atoms with Crippen molar-refractivity contribution in [2.45, 2.75) is 6.54 Å². The van der Waals surface area contributed by atoms with Crippen molar-refractivity contribution >= 4 is 16.1 Å². The number of ether oxygens (including phenoxy) is 1. The summed E-state index contributed by atoms with van der Waals surface area (Å²) in [5.41, 5.74) is 6.29. The summed E-state index contributed by atoms with van der Waals surface area (Å²) in [5.74, 6) is -0.509. The Balaban J connectivity index is 1.95. The quantitative estimate of drug-likeness (QED) is 0.761. The average molecular weight is 299 g/mol. The third kappa shape index (κ3) is 3.76. The molecule has 8 heteroatoms. The van der Waals surface area contributed by atoms with Crippen LogP contribution in [0.5, 0.6) is 0 Å². The first-order valence-corrected chi connectivity index (χ1v) is 7.64. The van der Waals surface area contributed by atoms with Crippen molar-refractivity contribution < 1.29 is 17.9 Å². The Hall–Kier alpha value is -1.48. The van der Waals surface area contributed by atoms with Crippen LogP contribution in [-0.4, -0.2) is 44.9 Å². The molecule has 1 fully saturated rings. The van der Waals surface area contributed by atoms with Crippen LogP contribution >= 0.6 is 0 Å². The fraction of sp³-hybridized carbons (Fsp3) is 0.417. The van der Waals surface area contributed by atoms with Crippen molar-refractivity contribution in [1.82, 2.24) is 9.03 Å². The molecular weight excluding hydrogens is 282 g/mol. The zero-order valence-corrected chi connectivity index (χ0v) is 11.7. The third-order valence-electron chi connectivity index (χ3n) is 3.01. The second-order valence-corrected chi connectivity index (χ2v) is 6.15. The molecule has 2 rings (SSSR count). The van der Waals surface area contributed by atoms with Gasteiger partial charge in [-0.15, -0.1) is 0 Å². The molecule has 1 amide bonds. The van der Waals surface area contributed by atoms with E-state index in [4.69, 9.17) is 10.5 Å². The highest BCUT2D eigenvalue weighted by Crippen LogP contribution is 2.07. The van der Waals surface area contributed by atoms with Gasteiger partial charge < -0.3 is 10.5 Å². The van der Waals surface area contributed by atoms with Crippen LogP contribution in [0, 0.1) is 0 Å². The van der Waals surface area contributed by atoms with Gasteiger partial charge >= 0.3 is 0 Å². The van der Waals surface area contributed by atoms with Gasteiger partial charge in [-0.2, -0.15) is 17.4 Å². The number of benzene rings is 1. The monoisotopic (exact) mass is 299 g/mol. The molecule has 0 radical (unpaired) electrons. The number of nitrogens with one attached hydrogen (secondary N) is 1. The highest BCUT2D eigenvalue weighted by Gasteiger charge is 2.23. The molecule has 20 heavy (non-hydrogen) atoms. The zero-order chi connectivity index (χ0) is 14.6. The van der Waals surface area contributed by atoms with Gasteiger partial charge in [0.1, 0.15) is 0 Å². The lowest BCUT2D eigenvalue weighted by Crippen LogP contribution is -2.46. The number of rotatable bonds is 5. The van der Waals surface area contributed by atoms with Gasteiger partial charge in [-0.3, -0.25) is 4.79 Å². The van der Waals surface area contributed by atoms with Crippen molar-refractivity contribution in [1.29, 1.82) is 0 Å². The van der Waals surface area contributed by atoms with E-state index in [-0.39, 0.29) is 6.54 Å². The van der Waals surface area contributed by atoms with Crippen LogP contribution in [0.2, 0.25) is 0 Å². The molecule has 0 aliphatic carbocycles. The highest BCUT2D eigenvalue weighted by atomic mass is 32.2. The molecule has 1 aromatic carbocycles. The van der Waals surface area contributed by atoms with Crippen LogP contribution in [0.4, 0.5) is 0 Å². The Morgan fingerprint density at radius 3 is 2.40 bits per heavy atom. The van der Waals surface area contributed by atoms with Gasteiger partial charge in [0.25, 0.3) is 10.2 Å². The van der Waals surface area contributed by atoms with Gasteiger partial charge in [0.15, 0.2) is 0 Å². The second-order valence-electron chi connectivity index (χ2n) is 4.40. The van der Waals surface area contributed by atoms with Crippen molar-refractivity contribution in [2.24, 2.45) is 5.73 Å². The fourth-order valence-electron chi connectivity index (χ4n) is 1.84. The SMILES string of the molecule is NC(=O)c1ccc(CNS(=O)(=O)N2CCOCC2)cc1. The Morgan fingerprint density at radius 1 is 1.25 bits per heavy atom. The third-order valence-corrected chi connectivity index (χ3v) is 4.56. The molecule has 0 saturated carbocycles. The highest BCUT2D eigenvalue weighted by molar-refractivity contribution is 7.87. The van der Waals surface area contributed by atoms with E-state index in [0.717, 1.165) is 5.56 Å². The molecule has 1 saturated heterocycles. The molecule has 0 atom stereocenters.